The molecule has 2 saturated heterocycles. The molecule has 4 N–H and O–H groups in total. The first-order valence-electron chi connectivity index (χ1n) is 18.4. The lowest BCUT2D eigenvalue weighted by atomic mass is 9.83. The number of nitrogens with one attached hydrogen (secondary N) is 4. The van der Waals surface area contributed by atoms with Crippen LogP contribution in [0.2, 0.25) is 0 Å². The summed E-state index contributed by atoms with van der Waals surface area (Å²) in [6.07, 6.45) is 10.5. The molecule has 0 aromatic carbocycles. The van der Waals surface area contributed by atoms with Crippen LogP contribution in [0.1, 0.15) is 111 Å². The number of hydrogen-bond donors (Lipinski definition) is 4. The number of carbonyl (C=O) groups is 5. The molecule has 5 aliphatic rings. The number of carbonyl (C=O) groups excluding carboxylic acids is 5. The van der Waals surface area contributed by atoms with Gasteiger partial charge >= 0.3 is 12.2 Å². The Bertz CT molecular complexity index is 1430. The fourth-order valence-corrected chi connectivity index (χ4v) is 8.99. The second-order valence-electron chi connectivity index (χ2n) is 15.9. The Morgan fingerprint density at radius 2 is 1.60 bits per heavy atom. The van der Waals surface area contributed by atoms with E-state index in [-0.39, 0.29) is 38.0 Å². The van der Waals surface area contributed by atoms with Gasteiger partial charge in [0.25, 0.3) is 5.91 Å². The third-order valence-electron chi connectivity index (χ3n) is 10.9. The van der Waals surface area contributed by atoms with Crippen molar-refractivity contribution in [2.75, 3.05) is 13.2 Å². The molecule has 0 unspecified atom stereocenters. The smallest absolute Gasteiger partial charge is 0.407 e. The quantitative estimate of drug-likeness (QED) is 0.298. The molecule has 3 aliphatic carbocycles. The Morgan fingerprint density at radius 3 is 2.26 bits per heavy atom. The van der Waals surface area contributed by atoms with Crippen molar-refractivity contribution in [2.45, 2.75) is 146 Å². The third-order valence-corrected chi connectivity index (χ3v) is 12.7. The van der Waals surface area contributed by atoms with E-state index in [0.29, 0.717) is 19.3 Å². The summed E-state index contributed by atoms with van der Waals surface area (Å²) in [5.74, 6) is -2.34. The summed E-state index contributed by atoms with van der Waals surface area (Å²) in [4.78, 5) is 69.3. The van der Waals surface area contributed by atoms with E-state index >= 15 is 0 Å². The molecular weight excluding hydrogens is 666 g/mol. The number of ether oxygens (including phenoxy) is 2. The van der Waals surface area contributed by atoms with Gasteiger partial charge in [-0.3, -0.25) is 19.1 Å². The number of amides is 5. The van der Waals surface area contributed by atoms with E-state index in [1.54, 1.807) is 20.8 Å². The highest BCUT2D eigenvalue weighted by atomic mass is 32.2. The molecule has 15 heteroatoms. The van der Waals surface area contributed by atoms with Crippen molar-refractivity contribution in [3.63, 3.8) is 0 Å². The molecule has 0 aromatic heterocycles. The van der Waals surface area contributed by atoms with Crippen LogP contribution in [0.5, 0.6) is 0 Å². The lowest BCUT2D eigenvalue weighted by molar-refractivity contribution is -0.142. The number of fused-ring (bicyclic) bond motifs is 3. The number of sulfonamides is 1. The van der Waals surface area contributed by atoms with Gasteiger partial charge in [-0.15, -0.1) is 6.58 Å². The molecule has 0 spiro atoms. The van der Waals surface area contributed by atoms with E-state index < -0.39 is 80.2 Å². The fraction of sp³-hybridized carbons (Fsp3) is 0.800. The minimum Gasteiger partial charge on any atom is -0.450 e. The normalized spacial score (nSPS) is 33.3. The Kier molecular flexibility index (Phi) is 11.7. The van der Waals surface area contributed by atoms with Gasteiger partial charge in [-0.2, -0.15) is 0 Å². The zero-order chi connectivity index (χ0) is 36.3. The lowest BCUT2D eigenvalue weighted by Crippen LogP contribution is -2.60. The van der Waals surface area contributed by atoms with Crippen molar-refractivity contribution in [2.24, 2.45) is 17.3 Å². The van der Waals surface area contributed by atoms with Crippen LogP contribution < -0.4 is 20.7 Å². The maximum atomic E-state index is 14.3. The SMILES string of the molecule is C=C[C@@H]1C[C@]1(NC(=O)[C@@H]1C[C@@H]2CN1C(=O)[C@H](C(C)(C)C)NC(=O)OCCCCCCC[C@H]1CCCC[C@@H]1OC(=O)N2)C(=O)NS(=O)(=O)C1CC1. The summed E-state index contributed by atoms with van der Waals surface area (Å²) in [5.41, 5.74) is -2.34. The number of nitrogens with zero attached hydrogens (tertiary/aromatic N) is 1. The maximum absolute atomic E-state index is 14.3. The number of alkyl carbamates (subject to hydrolysis) is 2. The first-order chi connectivity index (χ1) is 23.6. The van der Waals surface area contributed by atoms with E-state index in [2.05, 4.69) is 27.3 Å². The van der Waals surface area contributed by atoms with E-state index in [9.17, 15) is 32.4 Å². The van der Waals surface area contributed by atoms with Crippen molar-refractivity contribution < 1.29 is 41.9 Å². The average molecular weight is 722 g/mol. The van der Waals surface area contributed by atoms with Gasteiger partial charge in [0.2, 0.25) is 21.8 Å². The molecule has 5 rings (SSSR count). The molecule has 50 heavy (non-hydrogen) atoms. The number of rotatable bonds is 6. The third kappa shape index (κ3) is 9.10. The molecule has 3 saturated carbocycles. The molecule has 14 nitrogen and oxygen atoms in total. The Balaban J connectivity index is 1.38. The Labute approximate surface area is 295 Å². The van der Waals surface area contributed by atoms with Gasteiger partial charge in [0.05, 0.1) is 17.9 Å². The standard InChI is InChI=1S/C35H55N5O9S/c1-5-23-20-35(23,31(43)39-50(46,47)25-16-17-25)38-29(41)26-19-24-21-40(26)30(42)28(34(2,3)4)37-32(44)48-18-12-8-6-7-9-13-22-14-10-11-15-27(22)49-33(45)36-24/h5,22-28H,1,6-21H2,2-4H3,(H,36,45)(H,37,44)(H,38,41)(H,39,43)/t22-,23+,24+,26-,27-,28+,35+/m0/s1. The highest BCUT2D eigenvalue weighted by molar-refractivity contribution is 7.91. The van der Waals surface area contributed by atoms with Crippen LogP contribution in [0, 0.1) is 17.3 Å². The molecule has 5 amide bonds. The summed E-state index contributed by atoms with van der Waals surface area (Å²) in [6, 6.07) is -2.91. The molecular formula is C35H55N5O9S. The summed E-state index contributed by atoms with van der Waals surface area (Å²) in [6.45, 7) is 9.26. The van der Waals surface area contributed by atoms with E-state index in [4.69, 9.17) is 9.47 Å². The van der Waals surface area contributed by atoms with Crippen molar-refractivity contribution in [3.05, 3.63) is 12.7 Å². The molecule has 2 aliphatic heterocycles. The predicted octanol–water partition coefficient (Wildman–Crippen LogP) is 3.41. The summed E-state index contributed by atoms with van der Waals surface area (Å²) in [7, 11) is -3.89. The summed E-state index contributed by atoms with van der Waals surface area (Å²) >= 11 is 0. The Hall–Kier alpha value is -3.36. The summed E-state index contributed by atoms with van der Waals surface area (Å²) in [5, 5.41) is 7.71. The van der Waals surface area contributed by atoms with Crippen LogP contribution in [0.25, 0.3) is 0 Å². The number of cyclic esters (lactones) is 1. The lowest BCUT2D eigenvalue weighted by Gasteiger charge is -2.35. The van der Waals surface area contributed by atoms with E-state index in [0.717, 1.165) is 57.8 Å². The monoisotopic (exact) mass is 721 g/mol. The molecule has 2 bridgehead atoms. The van der Waals surface area contributed by atoms with Crippen LogP contribution in [-0.2, 0) is 33.9 Å². The van der Waals surface area contributed by atoms with E-state index in [1.165, 1.54) is 11.0 Å². The van der Waals surface area contributed by atoms with Crippen LogP contribution in [-0.4, -0.2) is 91.4 Å². The highest BCUT2D eigenvalue weighted by Gasteiger charge is 2.62. The van der Waals surface area contributed by atoms with Crippen molar-refractivity contribution in [1.29, 1.82) is 0 Å². The van der Waals surface area contributed by atoms with Gasteiger partial charge in [-0.25, -0.2) is 18.0 Å². The summed E-state index contributed by atoms with van der Waals surface area (Å²) < 4.78 is 38.8. The van der Waals surface area contributed by atoms with Gasteiger partial charge in [0.1, 0.15) is 23.7 Å². The van der Waals surface area contributed by atoms with Crippen molar-refractivity contribution in [3.8, 4) is 0 Å². The largest absolute Gasteiger partial charge is 0.450 e. The van der Waals surface area contributed by atoms with Gasteiger partial charge in [0.15, 0.2) is 0 Å². The highest BCUT2D eigenvalue weighted by Crippen LogP contribution is 2.45. The first kappa shape index (κ1) is 37.9. The minimum atomic E-state index is -3.89. The van der Waals surface area contributed by atoms with Gasteiger partial charge in [0, 0.05) is 12.5 Å². The minimum absolute atomic E-state index is 0.0128. The van der Waals surface area contributed by atoms with Crippen LogP contribution in [0.4, 0.5) is 9.59 Å². The van der Waals surface area contributed by atoms with Crippen molar-refractivity contribution in [1.82, 2.24) is 25.6 Å². The van der Waals surface area contributed by atoms with Gasteiger partial charge in [-0.1, -0.05) is 59.0 Å². The molecule has 7 atom stereocenters. The van der Waals surface area contributed by atoms with E-state index in [1.807, 2.05) is 0 Å². The number of hydrogen-bond acceptors (Lipinski definition) is 9. The molecule has 0 aromatic rings. The van der Waals surface area contributed by atoms with Crippen LogP contribution in [0.3, 0.4) is 0 Å². The van der Waals surface area contributed by atoms with Gasteiger partial charge in [-0.05, 0) is 69.1 Å². The topological polar surface area (TPSA) is 189 Å². The van der Waals surface area contributed by atoms with Crippen molar-refractivity contribution >= 4 is 39.9 Å². The molecule has 0 radical (unpaired) electrons. The predicted molar refractivity (Wildman–Crippen MR) is 184 cm³/mol. The van der Waals surface area contributed by atoms with Crippen LogP contribution in [0.15, 0.2) is 12.7 Å². The Morgan fingerprint density at radius 1 is 0.940 bits per heavy atom. The fourth-order valence-electron chi connectivity index (χ4n) is 7.63. The second kappa shape index (κ2) is 15.5. The van der Waals surface area contributed by atoms with Gasteiger partial charge < -0.3 is 30.3 Å². The maximum Gasteiger partial charge on any atom is 0.407 e. The average Bonchev–Trinajstić information content (AvgIpc) is 3.97. The van der Waals surface area contributed by atoms with Crippen LogP contribution >= 0.6 is 0 Å². The molecule has 280 valence electrons. The second-order valence-corrected chi connectivity index (χ2v) is 17.9. The molecule has 5 fully saturated rings. The zero-order valence-electron chi connectivity index (χ0n) is 29.7. The first-order valence-corrected chi connectivity index (χ1v) is 19.9. The molecule has 2 heterocycles. The zero-order valence-corrected chi connectivity index (χ0v) is 30.5.